The molecule has 1 aromatic rings. The summed E-state index contributed by atoms with van der Waals surface area (Å²) in [5, 5.41) is 5.08. The summed E-state index contributed by atoms with van der Waals surface area (Å²) >= 11 is 0. The second kappa shape index (κ2) is 7.86. The molecule has 0 atom stereocenters. The van der Waals surface area contributed by atoms with Crippen molar-refractivity contribution in [1.29, 1.82) is 0 Å². The Labute approximate surface area is 111 Å². The van der Waals surface area contributed by atoms with E-state index in [1.807, 2.05) is 0 Å². The normalized spacial score (nSPS) is 9.53. The summed E-state index contributed by atoms with van der Waals surface area (Å²) in [7, 11) is 0. The smallest absolute Gasteiger partial charge is 0.407 e. The Kier molecular flexibility index (Phi) is 6.08. The van der Waals surface area contributed by atoms with Gasteiger partial charge in [-0.2, -0.15) is 0 Å². The van der Waals surface area contributed by atoms with Gasteiger partial charge in [-0.25, -0.2) is 4.79 Å². The predicted molar refractivity (Wildman–Crippen MR) is 69.6 cm³/mol. The summed E-state index contributed by atoms with van der Waals surface area (Å²) < 4.78 is 4.94. The molecule has 2 amide bonds. The number of aldehydes is 1. The van der Waals surface area contributed by atoms with Crippen LogP contribution >= 0.6 is 0 Å². The van der Waals surface area contributed by atoms with Crippen LogP contribution in [-0.2, 0) is 20.9 Å². The van der Waals surface area contributed by atoms with Crippen LogP contribution in [0.5, 0.6) is 0 Å². The summed E-state index contributed by atoms with van der Waals surface area (Å²) in [5.41, 5.74) is 1.49. The lowest BCUT2D eigenvalue weighted by molar-refractivity contribution is -0.114. The molecule has 0 saturated heterocycles. The number of anilines is 1. The lowest BCUT2D eigenvalue weighted by Crippen LogP contribution is -2.25. The van der Waals surface area contributed by atoms with Gasteiger partial charge in [-0.05, 0) is 17.7 Å². The monoisotopic (exact) mass is 264 g/mol. The van der Waals surface area contributed by atoms with E-state index in [2.05, 4.69) is 10.6 Å². The zero-order valence-corrected chi connectivity index (χ0v) is 10.6. The first kappa shape index (κ1) is 14.7. The van der Waals surface area contributed by atoms with Gasteiger partial charge in [0.25, 0.3) is 0 Å². The van der Waals surface area contributed by atoms with Gasteiger partial charge in [0, 0.05) is 25.6 Å². The van der Waals surface area contributed by atoms with Crippen molar-refractivity contribution in [3.8, 4) is 0 Å². The van der Waals surface area contributed by atoms with E-state index in [1.54, 1.807) is 24.3 Å². The highest BCUT2D eigenvalue weighted by Crippen LogP contribution is 2.10. The fraction of sp³-hybridized carbons (Fsp3) is 0.308. The van der Waals surface area contributed by atoms with Crippen molar-refractivity contribution in [3.63, 3.8) is 0 Å². The first-order valence-corrected chi connectivity index (χ1v) is 5.82. The Morgan fingerprint density at radius 1 is 1.26 bits per heavy atom. The lowest BCUT2D eigenvalue weighted by Gasteiger charge is -2.07. The summed E-state index contributed by atoms with van der Waals surface area (Å²) in [6, 6.07) is 6.96. The van der Waals surface area contributed by atoms with Crippen molar-refractivity contribution in [2.75, 3.05) is 11.9 Å². The minimum absolute atomic E-state index is 0.132. The molecule has 0 aromatic heterocycles. The molecule has 1 aromatic carbocycles. The van der Waals surface area contributed by atoms with Crippen molar-refractivity contribution >= 4 is 24.0 Å². The fourth-order valence-corrected chi connectivity index (χ4v) is 1.32. The van der Waals surface area contributed by atoms with Crippen LogP contribution in [0.15, 0.2) is 24.3 Å². The van der Waals surface area contributed by atoms with Gasteiger partial charge in [0.2, 0.25) is 5.91 Å². The van der Waals surface area contributed by atoms with Crippen LogP contribution in [0.1, 0.15) is 18.9 Å². The van der Waals surface area contributed by atoms with Crippen LogP contribution in [0.2, 0.25) is 0 Å². The van der Waals surface area contributed by atoms with Gasteiger partial charge in [-0.1, -0.05) is 12.1 Å². The highest BCUT2D eigenvalue weighted by Gasteiger charge is 2.02. The van der Waals surface area contributed by atoms with Gasteiger partial charge in [-0.3, -0.25) is 4.79 Å². The fourth-order valence-electron chi connectivity index (χ4n) is 1.32. The minimum atomic E-state index is -0.562. The second-order valence-corrected chi connectivity index (χ2v) is 3.84. The molecule has 0 radical (unpaired) electrons. The molecule has 0 bridgehead atoms. The molecule has 1 rings (SSSR count). The summed E-state index contributed by atoms with van der Waals surface area (Å²) in [4.78, 5) is 32.1. The van der Waals surface area contributed by atoms with Gasteiger partial charge in [0.15, 0.2) is 0 Å². The van der Waals surface area contributed by atoms with Crippen LogP contribution in [0.3, 0.4) is 0 Å². The maximum Gasteiger partial charge on any atom is 0.407 e. The van der Waals surface area contributed by atoms with Crippen molar-refractivity contribution in [3.05, 3.63) is 29.8 Å². The van der Waals surface area contributed by atoms with E-state index < -0.39 is 6.09 Å². The minimum Gasteiger partial charge on any atom is -0.445 e. The van der Waals surface area contributed by atoms with Crippen molar-refractivity contribution in [2.45, 2.75) is 20.0 Å². The van der Waals surface area contributed by atoms with Crippen molar-refractivity contribution in [2.24, 2.45) is 0 Å². The van der Waals surface area contributed by atoms with E-state index >= 15 is 0 Å². The van der Waals surface area contributed by atoms with Gasteiger partial charge in [-0.15, -0.1) is 0 Å². The lowest BCUT2D eigenvalue weighted by atomic mass is 10.2. The highest BCUT2D eigenvalue weighted by atomic mass is 16.5. The second-order valence-electron chi connectivity index (χ2n) is 3.84. The van der Waals surface area contributed by atoms with E-state index in [0.29, 0.717) is 5.69 Å². The van der Waals surface area contributed by atoms with Gasteiger partial charge < -0.3 is 20.2 Å². The molecule has 6 nitrogen and oxygen atoms in total. The third kappa shape index (κ3) is 6.21. The average molecular weight is 264 g/mol. The van der Waals surface area contributed by atoms with Gasteiger partial charge in [0.1, 0.15) is 12.9 Å². The Hall–Kier alpha value is -2.37. The number of amides is 2. The predicted octanol–water partition coefficient (Wildman–Crippen LogP) is 1.46. The number of benzene rings is 1. The largest absolute Gasteiger partial charge is 0.445 e. The molecule has 0 saturated carbocycles. The molecule has 19 heavy (non-hydrogen) atoms. The first-order chi connectivity index (χ1) is 9.11. The molecule has 0 fully saturated rings. The number of carbonyl (C=O) groups excluding carboxylic acids is 3. The standard InChI is InChI=1S/C13H16N2O4/c1-10(17)15-12-5-3-11(4-6-12)9-19-13(18)14-7-2-8-16/h3-6,8H,2,7,9H2,1H3,(H,14,18)(H,15,17). The molecule has 2 N–H and O–H groups in total. The van der Waals surface area contributed by atoms with Crippen molar-refractivity contribution < 1.29 is 19.1 Å². The highest BCUT2D eigenvalue weighted by molar-refractivity contribution is 5.88. The number of hydrogen-bond acceptors (Lipinski definition) is 4. The first-order valence-electron chi connectivity index (χ1n) is 5.82. The van der Waals surface area contributed by atoms with Crippen molar-refractivity contribution in [1.82, 2.24) is 5.32 Å². The zero-order chi connectivity index (χ0) is 14.1. The Bertz CT molecular complexity index is 442. The van der Waals surface area contributed by atoms with Crippen LogP contribution < -0.4 is 10.6 Å². The van der Waals surface area contributed by atoms with Crippen LogP contribution in [0, 0.1) is 0 Å². The van der Waals surface area contributed by atoms with E-state index in [1.165, 1.54) is 6.92 Å². The zero-order valence-electron chi connectivity index (χ0n) is 10.6. The third-order valence-electron chi connectivity index (χ3n) is 2.18. The molecule has 0 unspecified atom stereocenters. The maximum absolute atomic E-state index is 11.2. The SMILES string of the molecule is CC(=O)Nc1ccc(COC(=O)NCCC=O)cc1. The average Bonchev–Trinajstić information content (AvgIpc) is 2.37. The van der Waals surface area contributed by atoms with Crippen LogP contribution in [-0.4, -0.2) is 24.8 Å². The molecule has 0 aliphatic carbocycles. The maximum atomic E-state index is 11.2. The molecular formula is C13H16N2O4. The quantitative estimate of drug-likeness (QED) is 0.601. The van der Waals surface area contributed by atoms with Gasteiger partial charge >= 0.3 is 6.09 Å². The number of alkyl carbamates (subject to hydrolysis) is 1. The number of rotatable bonds is 6. The van der Waals surface area contributed by atoms with E-state index in [4.69, 9.17) is 4.74 Å². The van der Waals surface area contributed by atoms with E-state index in [9.17, 15) is 14.4 Å². The number of ether oxygens (including phenoxy) is 1. The molecule has 6 heteroatoms. The van der Waals surface area contributed by atoms with E-state index in [-0.39, 0.29) is 25.5 Å². The van der Waals surface area contributed by atoms with Gasteiger partial charge in [0.05, 0.1) is 0 Å². The Balaban J connectivity index is 2.35. The van der Waals surface area contributed by atoms with Crippen LogP contribution in [0.25, 0.3) is 0 Å². The summed E-state index contributed by atoms with van der Waals surface area (Å²) in [6.45, 7) is 1.83. The number of carbonyl (C=O) groups is 3. The summed E-state index contributed by atoms with van der Waals surface area (Å²) in [6.07, 6.45) is 0.425. The molecule has 0 spiro atoms. The number of hydrogen-bond donors (Lipinski definition) is 2. The Morgan fingerprint density at radius 3 is 2.53 bits per heavy atom. The topological polar surface area (TPSA) is 84.5 Å². The molecule has 102 valence electrons. The third-order valence-corrected chi connectivity index (χ3v) is 2.18. The molecular weight excluding hydrogens is 248 g/mol. The summed E-state index contributed by atoms with van der Waals surface area (Å²) in [5.74, 6) is -0.140. The van der Waals surface area contributed by atoms with E-state index in [0.717, 1.165) is 11.8 Å². The molecule has 0 aliphatic heterocycles. The van der Waals surface area contributed by atoms with Crippen LogP contribution in [0.4, 0.5) is 10.5 Å². The molecule has 0 aliphatic rings. The Morgan fingerprint density at radius 2 is 1.95 bits per heavy atom. The molecule has 0 heterocycles. The number of nitrogens with one attached hydrogen (secondary N) is 2.